The molecular formula is C15H18N2O. The van der Waals surface area contributed by atoms with Crippen LogP contribution in [0.4, 0.5) is 0 Å². The maximum absolute atomic E-state index is 5.28. The monoisotopic (exact) mass is 242 g/mol. The van der Waals surface area contributed by atoms with Crippen molar-refractivity contribution in [2.24, 2.45) is 0 Å². The van der Waals surface area contributed by atoms with E-state index < -0.39 is 0 Å². The highest BCUT2D eigenvalue weighted by molar-refractivity contribution is 5.70. The van der Waals surface area contributed by atoms with Crippen LogP contribution in [0.1, 0.15) is 11.1 Å². The summed E-state index contributed by atoms with van der Waals surface area (Å²) in [5, 5.41) is 3.19. The van der Waals surface area contributed by atoms with Gasteiger partial charge in [0.2, 0.25) is 0 Å². The molecule has 1 aromatic heterocycles. The highest BCUT2D eigenvalue weighted by atomic mass is 16.5. The first-order chi connectivity index (χ1) is 8.76. The Balaban J connectivity index is 2.53. The van der Waals surface area contributed by atoms with Gasteiger partial charge in [-0.15, -0.1) is 0 Å². The maximum Gasteiger partial charge on any atom is 0.119 e. The summed E-state index contributed by atoms with van der Waals surface area (Å²) in [6, 6.07) is 8.18. The molecule has 3 nitrogen and oxygen atoms in total. The predicted octanol–water partition coefficient (Wildman–Crippen LogP) is 2.79. The number of rotatable bonds is 4. The first-order valence-corrected chi connectivity index (χ1v) is 5.98. The van der Waals surface area contributed by atoms with E-state index in [1.165, 1.54) is 22.3 Å². The van der Waals surface area contributed by atoms with Gasteiger partial charge in [-0.25, -0.2) is 0 Å². The van der Waals surface area contributed by atoms with Crippen LogP contribution in [0.3, 0.4) is 0 Å². The number of hydrogen-bond donors (Lipinski definition) is 1. The molecule has 1 heterocycles. The zero-order chi connectivity index (χ0) is 13.0. The highest BCUT2D eigenvalue weighted by Crippen LogP contribution is 2.29. The molecule has 0 aliphatic rings. The minimum absolute atomic E-state index is 0.806. The van der Waals surface area contributed by atoms with Crippen LogP contribution in [-0.2, 0) is 6.54 Å². The van der Waals surface area contributed by atoms with Crippen LogP contribution >= 0.6 is 0 Å². The molecule has 18 heavy (non-hydrogen) atoms. The average molecular weight is 242 g/mol. The van der Waals surface area contributed by atoms with E-state index in [4.69, 9.17) is 4.74 Å². The topological polar surface area (TPSA) is 34.1 Å². The Morgan fingerprint density at radius 2 is 2.06 bits per heavy atom. The number of pyridine rings is 1. The SMILES string of the molecule is CNCc1cc(OC)ccc1-c1cnccc1C. The van der Waals surface area contributed by atoms with Crippen LogP contribution in [0.25, 0.3) is 11.1 Å². The van der Waals surface area contributed by atoms with Gasteiger partial charge in [-0.2, -0.15) is 0 Å². The van der Waals surface area contributed by atoms with Crippen molar-refractivity contribution >= 4 is 0 Å². The van der Waals surface area contributed by atoms with E-state index in [1.54, 1.807) is 7.11 Å². The number of ether oxygens (including phenoxy) is 1. The van der Waals surface area contributed by atoms with Gasteiger partial charge >= 0.3 is 0 Å². The summed E-state index contributed by atoms with van der Waals surface area (Å²) in [5.74, 6) is 0.880. The second-order valence-electron chi connectivity index (χ2n) is 4.24. The van der Waals surface area contributed by atoms with Gasteiger partial charge in [0.15, 0.2) is 0 Å². The van der Waals surface area contributed by atoms with E-state index in [0.29, 0.717) is 0 Å². The van der Waals surface area contributed by atoms with Crippen LogP contribution in [0, 0.1) is 6.92 Å². The standard InChI is InChI=1S/C15H18N2O/c1-11-6-7-17-10-15(11)14-5-4-13(18-3)8-12(14)9-16-2/h4-8,10,16H,9H2,1-3H3. The molecule has 3 heteroatoms. The van der Waals surface area contributed by atoms with E-state index in [1.807, 2.05) is 31.6 Å². The molecule has 0 bridgehead atoms. The fraction of sp³-hybridized carbons (Fsp3) is 0.267. The van der Waals surface area contributed by atoms with Gasteiger partial charge < -0.3 is 10.1 Å². The van der Waals surface area contributed by atoms with Crippen molar-refractivity contribution in [1.82, 2.24) is 10.3 Å². The lowest BCUT2D eigenvalue weighted by Gasteiger charge is -2.13. The molecule has 0 atom stereocenters. The highest BCUT2D eigenvalue weighted by Gasteiger charge is 2.08. The molecule has 0 saturated carbocycles. The minimum Gasteiger partial charge on any atom is -0.497 e. The Morgan fingerprint density at radius 1 is 1.22 bits per heavy atom. The number of aryl methyl sites for hydroxylation is 1. The summed E-state index contributed by atoms with van der Waals surface area (Å²) in [4.78, 5) is 4.21. The van der Waals surface area contributed by atoms with Crippen LogP contribution < -0.4 is 10.1 Å². The van der Waals surface area contributed by atoms with Crippen LogP contribution in [0.5, 0.6) is 5.75 Å². The molecule has 2 rings (SSSR count). The number of hydrogen-bond acceptors (Lipinski definition) is 3. The second kappa shape index (κ2) is 5.65. The van der Waals surface area contributed by atoms with Crippen molar-refractivity contribution in [2.75, 3.05) is 14.2 Å². The summed E-state index contributed by atoms with van der Waals surface area (Å²) < 4.78 is 5.28. The van der Waals surface area contributed by atoms with Crippen LogP contribution in [0.15, 0.2) is 36.7 Å². The zero-order valence-corrected chi connectivity index (χ0v) is 11.0. The fourth-order valence-electron chi connectivity index (χ4n) is 2.04. The molecule has 94 valence electrons. The molecule has 1 N–H and O–H groups in total. The molecule has 0 aliphatic heterocycles. The molecule has 0 aliphatic carbocycles. The summed E-state index contributed by atoms with van der Waals surface area (Å²) in [7, 11) is 3.63. The lowest BCUT2D eigenvalue weighted by Crippen LogP contribution is -2.07. The average Bonchev–Trinajstić information content (AvgIpc) is 2.40. The zero-order valence-electron chi connectivity index (χ0n) is 11.0. The largest absolute Gasteiger partial charge is 0.497 e. The van der Waals surface area contributed by atoms with Crippen molar-refractivity contribution in [3.8, 4) is 16.9 Å². The summed E-state index contributed by atoms with van der Waals surface area (Å²) in [6.07, 6.45) is 3.73. The van der Waals surface area contributed by atoms with Gasteiger partial charge in [-0.05, 0) is 48.9 Å². The van der Waals surface area contributed by atoms with Gasteiger partial charge in [-0.3, -0.25) is 4.98 Å². The molecule has 0 fully saturated rings. The van der Waals surface area contributed by atoms with E-state index in [9.17, 15) is 0 Å². The molecule has 0 saturated heterocycles. The molecule has 0 spiro atoms. The number of nitrogens with zero attached hydrogens (tertiary/aromatic N) is 1. The predicted molar refractivity (Wildman–Crippen MR) is 73.7 cm³/mol. The second-order valence-corrected chi connectivity index (χ2v) is 4.24. The molecular weight excluding hydrogens is 224 g/mol. The van der Waals surface area contributed by atoms with E-state index >= 15 is 0 Å². The summed E-state index contributed by atoms with van der Waals surface area (Å²) in [6.45, 7) is 2.91. The third kappa shape index (κ3) is 2.51. The van der Waals surface area contributed by atoms with E-state index in [2.05, 4.69) is 29.4 Å². The van der Waals surface area contributed by atoms with Crippen molar-refractivity contribution in [2.45, 2.75) is 13.5 Å². The Bertz CT molecular complexity index is 538. The van der Waals surface area contributed by atoms with Crippen molar-refractivity contribution in [3.63, 3.8) is 0 Å². The number of benzene rings is 1. The Morgan fingerprint density at radius 3 is 2.72 bits per heavy atom. The molecule has 1 aromatic carbocycles. The minimum atomic E-state index is 0.806. The summed E-state index contributed by atoms with van der Waals surface area (Å²) in [5.41, 5.74) is 4.82. The number of nitrogens with one attached hydrogen (secondary N) is 1. The third-order valence-electron chi connectivity index (χ3n) is 3.01. The third-order valence-corrected chi connectivity index (χ3v) is 3.01. The van der Waals surface area contributed by atoms with Gasteiger partial charge in [0, 0.05) is 24.5 Å². The molecule has 2 aromatic rings. The maximum atomic E-state index is 5.28. The first-order valence-electron chi connectivity index (χ1n) is 5.98. The van der Waals surface area contributed by atoms with E-state index in [0.717, 1.165) is 12.3 Å². The summed E-state index contributed by atoms with van der Waals surface area (Å²) >= 11 is 0. The fourth-order valence-corrected chi connectivity index (χ4v) is 2.04. The Labute approximate surface area is 108 Å². The van der Waals surface area contributed by atoms with Gasteiger partial charge in [0.25, 0.3) is 0 Å². The van der Waals surface area contributed by atoms with E-state index in [-0.39, 0.29) is 0 Å². The van der Waals surface area contributed by atoms with Crippen molar-refractivity contribution in [3.05, 3.63) is 47.8 Å². The normalized spacial score (nSPS) is 10.4. The first kappa shape index (κ1) is 12.6. The van der Waals surface area contributed by atoms with Crippen LogP contribution in [-0.4, -0.2) is 19.1 Å². The van der Waals surface area contributed by atoms with Gasteiger partial charge in [-0.1, -0.05) is 6.07 Å². The number of aromatic nitrogens is 1. The van der Waals surface area contributed by atoms with Crippen LogP contribution in [0.2, 0.25) is 0 Å². The quantitative estimate of drug-likeness (QED) is 0.895. The number of methoxy groups -OCH3 is 1. The smallest absolute Gasteiger partial charge is 0.119 e. The van der Waals surface area contributed by atoms with Gasteiger partial charge in [0.1, 0.15) is 5.75 Å². The Hall–Kier alpha value is -1.87. The lowest BCUT2D eigenvalue weighted by molar-refractivity contribution is 0.414. The van der Waals surface area contributed by atoms with Gasteiger partial charge in [0.05, 0.1) is 7.11 Å². The Kier molecular flexibility index (Phi) is 3.95. The molecule has 0 radical (unpaired) electrons. The molecule has 0 unspecified atom stereocenters. The van der Waals surface area contributed by atoms with Crippen molar-refractivity contribution in [1.29, 1.82) is 0 Å². The van der Waals surface area contributed by atoms with Crippen molar-refractivity contribution < 1.29 is 4.74 Å². The molecule has 0 amide bonds. The lowest BCUT2D eigenvalue weighted by atomic mass is 9.97.